The Hall–Kier alpha value is -2.57. The van der Waals surface area contributed by atoms with Crippen molar-refractivity contribution in [3.63, 3.8) is 0 Å². The number of hydrazine groups is 1. The summed E-state index contributed by atoms with van der Waals surface area (Å²) in [5, 5.41) is 1.20. The number of amides is 2. The molecule has 1 heterocycles. The van der Waals surface area contributed by atoms with Crippen LogP contribution in [0.4, 0.5) is 0 Å². The smallest absolute Gasteiger partial charge is 0.281 e. The van der Waals surface area contributed by atoms with Gasteiger partial charge in [-0.2, -0.15) is 0 Å². The van der Waals surface area contributed by atoms with Crippen molar-refractivity contribution >= 4 is 44.8 Å². The van der Waals surface area contributed by atoms with Gasteiger partial charge in [-0.1, -0.05) is 61.7 Å². The summed E-state index contributed by atoms with van der Waals surface area (Å²) < 4.78 is 6.63. The van der Waals surface area contributed by atoms with E-state index >= 15 is 0 Å². The third kappa shape index (κ3) is 4.64. The van der Waals surface area contributed by atoms with Crippen LogP contribution in [0.2, 0.25) is 5.02 Å². The highest BCUT2D eigenvalue weighted by molar-refractivity contribution is 7.21. The highest BCUT2D eigenvalue weighted by Gasteiger charge is 2.18. The van der Waals surface area contributed by atoms with Crippen LogP contribution in [-0.4, -0.2) is 18.4 Å². The van der Waals surface area contributed by atoms with Crippen LogP contribution in [0.15, 0.2) is 48.5 Å². The van der Waals surface area contributed by atoms with E-state index in [4.69, 9.17) is 16.3 Å². The van der Waals surface area contributed by atoms with Crippen LogP contribution < -0.4 is 15.6 Å². The monoisotopic (exact) mass is 416 g/mol. The molecule has 2 N–H and O–H groups in total. The van der Waals surface area contributed by atoms with Gasteiger partial charge in [-0.05, 0) is 24.6 Å². The van der Waals surface area contributed by atoms with Crippen LogP contribution in [0.5, 0.6) is 5.75 Å². The molecule has 2 amide bonds. The lowest BCUT2D eigenvalue weighted by atomic mass is 10.2. The lowest BCUT2D eigenvalue weighted by Crippen LogP contribution is -2.41. The minimum atomic E-state index is -0.458. The second-order valence-electron chi connectivity index (χ2n) is 6.20. The zero-order chi connectivity index (χ0) is 19.9. The van der Waals surface area contributed by atoms with Gasteiger partial charge in [0.15, 0.2) is 0 Å². The van der Waals surface area contributed by atoms with Crippen molar-refractivity contribution in [1.82, 2.24) is 10.9 Å². The molecule has 3 rings (SSSR count). The van der Waals surface area contributed by atoms with Crippen LogP contribution in [-0.2, 0) is 0 Å². The van der Waals surface area contributed by atoms with E-state index < -0.39 is 11.8 Å². The molecule has 0 aliphatic carbocycles. The summed E-state index contributed by atoms with van der Waals surface area (Å²) in [7, 11) is 0. The summed E-state index contributed by atoms with van der Waals surface area (Å²) in [5.41, 5.74) is 5.24. The number of rotatable bonds is 7. The summed E-state index contributed by atoms with van der Waals surface area (Å²) in [6.45, 7) is 2.66. The molecule has 0 unspecified atom stereocenters. The lowest BCUT2D eigenvalue weighted by molar-refractivity contribution is 0.0846. The zero-order valence-corrected chi connectivity index (χ0v) is 17.0. The van der Waals surface area contributed by atoms with E-state index in [1.165, 1.54) is 11.3 Å². The highest BCUT2D eigenvalue weighted by atomic mass is 35.5. The number of fused-ring (bicyclic) bond motifs is 1. The minimum Gasteiger partial charge on any atom is -0.493 e. The van der Waals surface area contributed by atoms with Crippen LogP contribution in [0.1, 0.15) is 46.2 Å². The minimum absolute atomic E-state index is 0.354. The number of benzene rings is 2. The Morgan fingerprint density at radius 3 is 2.50 bits per heavy atom. The van der Waals surface area contributed by atoms with Gasteiger partial charge < -0.3 is 4.74 Å². The highest BCUT2D eigenvalue weighted by Crippen LogP contribution is 2.34. The predicted molar refractivity (Wildman–Crippen MR) is 113 cm³/mol. The van der Waals surface area contributed by atoms with Gasteiger partial charge in [0.1, 0.15) is 10.6 Å². The van der Waals surface area contributed by atoms with Gasteiger partial charge in [-0.25, -0.2) is 0 Å². The number of hydrogen-bond acceptors (Lipinski definition) is 4. The van der Waals surface area contributed by atoms with Gasteiger partial charge in [0.2, 0.25) is 0 Å². The standard InChI is InChI=1S/C21H21ClN2O3S/c1-2-3-8-13-27-16-11-6-4-9-14(16)20(25)23-24-21(26)19-18(22)15-10-5-7-12-17(15)28-19/h4-7,9-12H,2-3,8,13H2,1H3,(H,23,25)(H,24,26). The van der Waals surface area contributed by atoms with E-state index in [2.05, 4.69) is 17.8 Å². The van der Waals surface area contributed by atoms with Gasteiger partial charge in [0.25, 0.3) is 11.8 Å². The van der Waals surface area contributed by atoms with Gasteiger partial charge in [0, 0.05) is 10.1 Å². The first-order chi connectivity index (χ1) is 13.6. The van der Waals surface area contributed by atoms with Crippen LogP contribution in [0.3, 0.4) is 0 Å². The Labute approximate surface area is 172 Å². The second kappa shape index (κ2) is 9.57. The van der Waals surface area contributed by atoms with Crippen molar-refractivity contribution in [1.29, 1.82) is 0 Å². The zero-order valence-electron chi connectivity index (χ0n) is 15.5. The third-order valence-electron chi connectivity index (χ3n) is 4.17. The molecule has 0 spiro atoms. The van der Waals surface area contributed by atoms with Crippen molar-refractivity contribution in [3.05, 3.63) is 64.0 Å². The maximum absolute atomic E-state index is 12.5. The normalized spacial score (nSPS) is 10.6. The molecule has 0 aliphatic rings. The maximum Gasteiger partial charge on any atom is 0.281 e. The van der Waals surface area contributed by atoms with Crippen LogP contribution >= 0.6 is 22.9 Å². The van der Waals surface area contributed by atoms with Crippen LogP contribution in [0, 0.1) is 0 Å². The first kappa shape index (κ1) is 20.2. The number of hydrogen-bond donors (Lipinski definition) is 2. The summed E-state index contributed by atoms with van der Waals surface area (Å²) in [5.74, 6) is -0.414. The molecule has 0 aliphatic heterocycles. The molecular formula is C21H21ClN2O3S. The van der Waals surface area contributed by atoms with Crippen molar-refractivity contribution < 1.29 is 14.3 Å². The molecular weight excluding hydrogens is 396 g/mol. The van der Waals surface area contributed by atoms with Crippen molar-refractivity contribution in [2.24, 2.45) is 0 Å². The van der Waals surface area contributed by atoms with E-state index in [1.54, 1.807) is 18.2 Å². The topological polar surface area (TPSA) is 67.4 Å². The molecule has 0 radical (unpaired) electrons. The first-order valence-electron chi connectivity index (χ1n) is 9.11. The summed E-state index contributed by atoms with van der Waals surface area (Å²) >= 11 is 7.59. The summed E-state index contributed by atoms with van der Waals surface area (Å²) in [6.07, 6.45) is 3.09. The Morgan fingerprint density at radius 1 is 1.00 bits per heavy atom. The van der Waals surface area contributed by atoms with E-state index in [0.717, 1.165) is 29.3 Å². The number of carbonyl (C=O) groups is 2. The Morgan fingerprint density at radius 2 is 1.71 bits per heavy atom. The fourth-order valence-corrected chi connectivity index (χ4v) is 4.12. The predicted octanol–water partition coefficient (Wildman–Crippen LogP) is 5.20. The van der Waals surface area contributed by atoms with Gasteiger partial charge >= 0.3 is 0 Å². The fourth-order valence-electron chi connectivity index (χ4n) is 2.71. The largest absolute Gasteiger partial charge is 0.493 e. The van der Waals surface area contributed by atoms with Crippen molar-refractivity contribution in [2.45, 2.75) is 26.2 Å². The summed E-state index contributed by atoms with van der Waals surface area (Å²) in [6, 6.07) is 14.5. The molecule has 3 aromatic rings. The molecule has 1 aromatic heterocycles. The Bertz CT molecular complexity index is 987. The van der Waals surface area contributed by atoms with Crippen LogP contribution in [0.25, 0.3) is 10.1 Å². The quantitative estimate of drug-likeness (QED) is 0.411. The average Bonchev–Trinajstić information content (AvgIpc) is 3.06. The number of halogens is 1. The molecule has 146 valence electrons. The van der Waals surface area contributed by atoms with Gasteiger partial charge in [-0.3, -0.25) is 20.4 Å². The number of nitrogens with one attached hydrogen (secondary N) is 2. The number of ether oxygens (including phenoxy) is 1. The summed E-state index contributed by atoms with van der Waals surface area (Å²) in [4.78, 5) is 25.3. The van der Waals surface area contributed by atoms with E-state index in [1.807, 2.05) is 30.3 Å². The molecule has 0 saturated heterocycles. The Kier molecular flexibility index (Phi) is 6.90. The number of para-hydroxylation sites is 1. The third-order valence-corrected chi connectivity index (χ3v) is 5.84. The lowest BCUT2D eigenvalue weighted by Gasteiger charge is -2.12. The average molecular weight is 417 g/mol. The molecule has 2 aromatic carbocycles. The molecule has 0 saturated carbocycles. The van der Waals surface area contributed by atoms with E-state index in [9.17, 15) is 9.59 Å². The first-order valence-corrected chi connectivity index (χ1v) is 10.3. The molecule has 0 atom stereocenters. The van der Waals surface area contributed by atoms with E-state index in [-0.39, 0.29) is 0 Å². The molecule has 7 heteroatoms. The number of carbonyl (C=O) groups excluding carboxylic acids is 2. The maximum atomic E-state index is 12.5. The van der Waals surface area contributed by atoms with E-state index in [0.29, 0.717) is 27.8 Å². The number of thiophene rings is 1. The SMILES string of the molecule is CCCCCOc1ccccc1C(=O)NNC(=O)c1sc2ccccc2c1Cl. The Balaban J connectivity index is 1.65. The van der Waals surface area contributed by atoms with Gasteiger partial charge in [0.05, 0.1) is 17.2 Å². The van der Waals surface area contributed by atoms with Crippen molar-refractivity contribution in [3.8, 4) is 5.75 Å². The van der Waals surface area contributed by atoms with Crippen molar-refractivity contribution in [2.75, 3.05) is 6.61 Å². The molecule has 0 bridgehead atoms. The fraction of sp³-hybridized carbons (Fsp3) is 0.238. The number of unbranched alkanes of at least 4 members (excludes halogenated alkanes) is 2. The molecule has 0 fully saturated rings. The van der Waals surface area contributed by atoms with Gasteiger partial charge in [-0.15, -0.1) is 11.3 Å². The molecule has 28 heavy (non-hydrogen) atoms. The molecule has 5 nitrogen and oxygen atoms in total. The second-order valence-corrected chi connectivity index (χ2v) is 7.63.